The Morgan fingerprint density at radius 3 is 3.13 bits per heavy atom. The predicted molar refractivity (Wildman–Crippen MR) is 52.4 cm³/mol. The van der Waals surface area contributed by atoms with Gasteiger partial charge in [-0.3, -0.25) is 4.57 Å². The first-order chi connectivity index (χ1) is 7.22. The van der Waals surface area contributed by atoms with Gasteiger partial charge in [-0.15, -0.1) is 0 Å². The fourth-order valence-electron chi connectivity index (χ4n) is 1.39. The minimum atomic E-state index is -0.385. The molecule has 15 heavy (non-hydrogen) atoms. The number of hydrogen-bond acceptors (Lipinski definition) is 4. The normalized spacial score (nSPS) is 10.2. The van der Waals surface area contributed by atoms with Crippen molar-refractivity contribution in [3.05, 3.63) is 34.3 Å². The number of rotatable bonds is 2. The minimum Gasteiger partial charge on any atom is -0.408 e. The molecule has 0 atom stereocenters. The van der Waals surface area contributed by atoms with Crippen LogP contribution in [0.25, 0.3) is 11.1 Å². The number of oxazole rings is 1. The lowest BCUT2D eigenvalue weighted by Gasteiger charge is -1.93. The summed E-state index contributed by atoms with van der Waals surface area (Å²) in [4.78, 5) is 14.1. The van der Waals surface area contributed by atoms with Gasteiger partial charge >= 0.3 is 5.76 Å². The molecular weight excluding hydrogens is 196 g/mol. The van der Waals surface area contributed by atoms with E-state index in [1.165, 1.54) is 4.57 Å². The Morgan fingerprint density at radius 2 is 2.40 bits per heavy atom. The molecule has 0 aliphatic rings. The van der Waals surface area contributed by atoms with Crippen LogP contribution in [0.1, 0.15) is 5.56 Å². The second-order valence-corrected chi connectivity index (χ2v) is 3.13. The average molecular weight is 205 g/mol. The molecule has 0 radical (unpaired) electrons. The van der Waals surface area contributed by atoms with Crippen molar-refractivity contribution in [2.24, 2.45) is 12.2 Å². The smallest absolute Gasteiger partial charge is 0.408 e. The molecule has 0 amide bonds. The van der Waals surface area contributed by atoms with Crippen LogP contribution >= 0.6 is 0 Å². The van der Waals surface area contributed by atoms with Crippen molar-refractivity contribution in [1.82, 2.24) is 9.48 Å². The molecule has 1 aromatic heterocycles. The molecule has 76 valence electrons. The third kappa shape index (κ3) is 1.58. The first-order valence-corrected chi connectivity index (χ1v) is 4.34. The topological polar surface area (TPSA) is 85.5 Å². The zero-order valence-electron chi connectivity index (χ0n) is 8.10. The number of fused-ring (bicyclic) bond motifs is 1. The van der Waals surface area contributed by atoms with Crippen molar-refractivity contribution in [1.29, 1.82) is 5.53 Å². The van der Waals surface area contributed by atoms with Crippen molar-refractivity contribution in [3.8, 4) is 0 Å². The summed E-state index contributed by atoms with van der Waals surface area (Å²) in [5.41, 5.74) is 8.66. The third-order valence-electron chi connectivity index (χ3n) is 2.18. The predicted octanol–water partition coefficient (Wildman–Crippen LogP) is 1.18. The van der Waals surface area contributed by atoms with E-state index in [0.29, 0.717) is 12.1 Å². The standard InChI is InChI=1S/C9H9N4O2/c1-13-7-3-2-6(5-11-12-10)4-8(7)15-9(13)14/h2-4,10H,5H2,1H3/q+1. The van der Waals surface area contributed by atoms with Gasteiger partial charge in [0.2, 0.25) is 4.91 Å². The van der Waals surface area contributed by atoms with E-state index < -0.39 is 0 Å². The van der Waals surface area contributed by atoms with Gasteiger partial charge in [0, 0.05) is 7.05 Å². The molecule has 0 unspecified atom stereocenters. The Labute approximate surface area is 84.4 Å². The van der Waals surface area contributed by atoms with Crippen LogP contribution in [0.4, 0.5) is 0 Å². The number of hydrogen-bond donors (Lipinski definition) is 1. The highest BCUT2D eigenvalue weighted by molar-refractivity contribution is 5.73. The summed E-state index contributed by atoms with van der Waals surface area (Å²) in [5, 5.41) is 3.54. The summed E-state index contributed by atoms with van der Waals surface area (Å²) in [7, 11) is 1.65. The van der Waals surface area contributed by atoms with E-state index in [-0.39, 0.29) is 5.76 Å². The highest BCUT2D eigenvalue weighted by atomic mass is 16.4. The Bertz CT molecular complexity index is 604. The monoisotopic (exact) mass is 205 g/mol. The van der Waals surface area contributed by atoms with Gasteiger partial charge in [-0.05, 0) is 17.7 Å². The van der Waals surface area contributed by atoms with Crippen LogP contribution in [-0.2, 0) is 13.6 Å². The first-order valence-electron chi connectivity index (χ1n) is 4.34. The van der Waals surface area contributed by atoms with Gasteiger partial charge in [-0.1, -0.05) is 6.07 Å². The summed E-state index contributed by atoms with van der Waals surface area (Å²) >= 11 is 0. The third-order valence-corrected chi connectivity index (χ3v) is 2.18. The molecule has 0 saturated carbocycles. The number of nitrogens with zero attached hydrogens (tertiary/aromatic N) is 3. The van der Waals surface area contributed by atoms with Crippen LogP contribution < -0.4 is 10.7 Å². The second-order valence-electron chi connectivity index (χ2n) is 3.13. The van der Waals surface area contributed by atoms with Gasteiger partial charge in [0.1, 0.15) is 17.2 Å². The summed E-state index contributed by atoms with van der Waals surface area (Å²) in [5.74, 6) is -0.385. The van der Waals surface area contributed by atoms with E-state index in [1.54, 1.807) is 19.2 Å². The lowest BCUT2D eigenvalue weighted by molar-refractivity contribution is 0.528. The second kappa shape index (κ2) is 3.51. The average Bonchev–Trinajstić information content (AvgIpc) is 2.52. The van der Waals surface area contributed by atoms with Crippen molar-refractivity contribution in [3.63, 3.8) is 0 Å². The molecule has 6 nitrogen and oxygen atoms in total. The van der Waals surface area contributed by atoms with Gasteiger partial charge in [0.15, 0.2) is 5.58 Å². The maximum atomic E-state index is 11.2. The quantitative estimate of drug-likeness (QED) is 0.589. The van der Waals surface area contributed by atoms with Crippen LogP contribution in [0.2, 0.25) is 0 Å². The zero-order chi connectivity index (χ0) is 10.8. The number of nitrogens with one attached hydrogen (secondary N) is 1. The van der Waals surface area contributed by atoms with Gasteiger partial charge in [-0.25, -0.2) is 4.79 Å². The van der Waals surface area contributed by atoms with E-state index >= 15 is 0 Å². The van der Waals surface area contributed by atoms with Gasteiger partial charge < -0.3 is 4.42 Å². The molecule has 2 rings (SSSR count). The van der Waals surface area contributed by atoms with Crippen LogP contribution in [0.3, 0.4) is 0 Å². The lowest BCUT2D eigenvalue weighted by Crippen LogP contribution is -2.08. The Morgan fingerprint density at radius 1 is 1.60 bits per heavy atom. The number of benzene rings is 1. The maximum absolute atomic E-state index is 11.2. The van der Waals surface area contributed by atoms with Crippen molar-refractivity contribution < 1.29 is 4.42 Å². The van der Waals surface area contributed by atoms with Crippen molar-refractivity contribution >= 4 is 11.1 Å². The first kappa shape index (κ1) is 9.36. The summed E-state index contributed by atoms with van der Waals surface area (Å²) in [6.07, 6.45) is 0. The summed E-state index contributed by atoms with van der Waals surface area (Å²) in [6, 6.07) is 5.34. The summed E-state index contributed by atoms with van der Waals surface area (Å²) < 4.78 is 6.44. The zero-order valence-corrected chi connectivity index (χ0v) is 8.10. The number of aromatic nitrogens is 1. The highest BCUT2D eigenvalue weighted by Crippen LogP contribution is 2.14. The van der Waals surface area contributed by atoms with E-state index in [0.717, 1.165) is 11.1 Å². The molecule has 6 heteroatoms. The Balaban J connectivity index is 2.56. The van der Waals surface area contributed by atoms with E-state index in [9.17, 15) is 4.79 Å². The molecule has 2 aromatic rings. The van der Waals surface area contributed by atoms with Crippen LogP contribution in [0.5, 0.6) is 0 Å². The molecule has 0 spiro atoms. The highest BCUT2D eigenvalue weighted by Gasteiger charge is 2.06. The maximum Gasteiger partial charge on any atom is 0.419 e. The molecule has 0 aliphatic heterocycles. The summed E-state index contributed by atoms with van der Waals surface area (Å²) in [6.45, 7) is 0.318. The van der Waals surface area contributed by atoms with E-state index in [2.05, 4.69) is 10.0 Å². The fourth-order valence-corrected chi connectivity index (χ4v) is 1.39. The van der Waals surface area contributed by atoms with E-state index in [1.807, 2.05) is 6.07 Å². The van der Waals surface area contributed by atoms with Gasteiger partial charge in [0.25, 0.3) is 0 Å². The molecular formula is C9H9N4O2+. The molecule has 0 fully saturated rings. The molecule has 0 bridgehead atoms. The van der Waals surface area contributed by atoms with E-state index in [4.69, 9.17) is 9.95 Å². The Kier molecular flexibility index (Phi) is 2.19. The SMILES string of the molecule is Cn1c(=O)oc2cc(CN=[N+]=N)ccc21. The fraction of sp³-hybridized carbons (Fsp3) is 0.222. The van der Waals surface area contributed by atoms with Gasteiger partial charge in [-0.2, -0.15) is 0 Å². The lowest BCUT2D eigenvalue weighted by atomic mass is 10.2. The van der Waals surface area contributed by atoms with Crippen LogP contribution in [-0.4, -0.2) is 4.57 Å². The largest absolute Gasteiger partial charge is 0.419 e. The molecule has 1 heterocycles. The minimum absolute atomic E-state index is 0.318. The molecule has 0 aliphatic carbocycles. The molecule has 1 aromatic carbocycles. The molecule has 0 saturated heterocycles. The Hall–Kier alpha value is -2.20. The number of aryl methyl sites for hydroxylation is 1. The van der Waals surface area contributed by atoms with Gasteiger partial charge in [0.05, 0.1) is 5.52 Å². The van der Waals surface area contributed by atoms with Crippen LogP contribution in [0.15, 0.2) is 32.5 Å². The van der Waals surface area contributed by atoms with Crippen molar-refractivity contribution in [2.75, 3.05) is 0 Å². The molecule has 1 N–H and O–H groups in total. The van der Waals surface area contributed by atoms with Crippen LogP contribution in [0, 0.1) is 5.53 Å². The van der Waals surface area contributed by atoms with Crippen molar-refractivity contribution in [2.45, 2.75) is 6.54 Å².